The molecule has 83 heavy (non-hydrogen) atoms. The summed E-state index contributed by atoms with van der Waals surface area (Å²) in [7, 11) is 0. The maximum absolute atomic E-state index is 13.2. The number of carbonyl (C=O) groups excluding carboxylic acids is 3. The van der Waals surface area contributed by atoms with Crippen LogP contribution < -0.4 is 0 Å². The molecule has 1 aliphatic heterocycles. The highest BCUT2D eigenvalue weighted by atomic mass is 16.7. The lowest BCUT2D eigenvalue weighted by Crippen LogP contribution is -2.61. The summed E-state index contributed by atoms with van der Waals surface area (Å²) in [6, 6.07) is 0. The molecular weight excluding hydrogens is 1040 g/mol. The summed E-state index contributed by atoms with van der Waals surface area (Å²) in [4.78, 5) is 51.4. The van der Waals surface area contributed by atoms with E-state index in [1.54, 1.807) is 0 Å². The van der Waals surface area contributed by atoms with Crippen LogP contribution in [0.1, 0.15) is 316 Å². The standard InChI is InChI=1S/C71H124O12/c1-4-7-10-13-16-19-22-25-28-30-32-34-37-39-42-45-48-51-54-57-63(72)79-60-62(81-64(73)58-55-52-49-46-43-41-38-35-33-31-29-26-23-20-17-14-11-8-5-2)61-80-71-69(67(76)66(75)68(83-71)70(77)78)82-65(74)59-56-53-50-47-44-40-36-27-24-21-18-15-12-9-6-3/h16,18-19,21,25,27-28,32,34,36,62,66-69,71,75-76H,4-15,17,20,22-24,26,29-31,33,35,37-61H2,1-3H3,(H,77,78)/b19-16-,21-18-,28-25-,34-32-,36-27-. The van der Waals surface area contributed by atoms with Gasteiger partial charge in [0.15, 0.2) is 24.6 Å². The van der Waals surface area contributed by atoms with Gasteiger partial charge in [0.2, 0.25) is 0 Å². The van der Waals surface area contributed by atoms with Crippen molar-refractivity contribution < 1.29 is 58.2 Å². The molecule has 12 nitrogen and oxygen atoms in total. The van der Waals surface area contributed by atoms with Gasteiger partial charge < -0.3 is 39.0 Å². The van der Waals surface area contributed by atoms with E-state index in [1.165, 1.54) is 141 Å². The monoisotopic (exact) mass is 1170 g/mol. The van der Waals surface area contributed by atoms with Crippen LogP contribution in [0.2, 0.25) is 0 Å². The number of carboxylic acids is 1. The zero-order valence-corrected chi connectivity index (χ0v) is 53.2. The minimum absolute atomic E-state index is 0.0440. The Labute approximate surface area is 506 Å². The van der Waals surface area contributed by atoms with Crippen LogP contribution in [0.5, 0.6) is 0 Å². The van der Waals surface area contributed by atoms with Crippen LogP contribution in [0.4, 0.5) is 0 Å². The highest BCUT2D eigenvalue weighted by molar-refractivity contribution is 5.74. The zero-order valence-electron chi connectivity index (χ0n) is 53.2. The van der Waals surface area contributed by atoms with Gasteiger partial charge in [0.25, 0.3) is 0 Å². The Hall–Kier alpha value is -3.58. The van der Waals surface area contributed by atoms with E-state index in [0.29, 0.717) is 19.3 Å². The van der Waals surface area contributed by atoms with Crippen molar-refractivity contribution in [2.75, 3.05) is 13.2 Å². The molecule has 6 atom stereocenters. The molecule has 0 amide bonds. The van der Waals surface area contributed by atoms with Crippen molar-refractivity contribution in [1.82, 2.24) is 0 Å². The lowest BCUT2D eigenvalue weighted by atomic mass is 9.98. The van der Waals surface area contributed by atoms with E-state index < -0.39 is 67.3 Å². The Bertz CT molecular complexity index is 1670. The van der Waals surface area contributed by atoms with Gasteiger partial charge in [-0.05, 0) is 89.9 Å². The van der Waals surface area contributed by atoms with Crippen LogP contribution in [-0.2, 0) is 42.9 Å². The van der Waals surface area contributed by atoms with Crippen LogP contribution in [0.25, 0.3) is 0 Å². The first kappa shape index (κ1) is 77.4. The van der Waals surface area contributed by atoms with Gasteiger partial charge in [0.1, 0.15) is 18.8 Å². The zero-order chi connectivity index (χ0) is 60.3. The number of hydrogen-bond acceptors (Lipinski definition) is 11. The molecular formula is C71H124O12. The summed E-state index contributed by atoms with van der Waals surface area (Å²) in [6.45, 7) is 5.97. The molecule has 0 aliphatic carbocycles. The van der Waals surface area contributed by atoms with Crippen molar-refractivity contribution in [2.45, 2.75) is 353 Å². The number of aliphatic carboxylic acids is 1. The summed E-state index contributed by atoms with van der Waals surface area (Å²) in [5.74, 6) is -3.13. The Kier molecular flexibility index (Phi) is 54.8. The van der Waals surface area contributed by atoms with Crippen molar-refractivity contribution in [2.24, 2.45) is 0 Å². The van der Waals surface area contributed by atoms with Crippen LogP contribution in [0.3, 0.4) is 0 Å². The van der Waals surface area contributed by atoms with E-state index >= 15 is 0 Å². The number of allylic oxidation sites excluding steroid dienone is 10. The number of aliphatic hydroxyl groups is 2. The van der Waals surface area contributed by atoms with Crippen molar-refractivity contribution in [3.63, 3.8) is 0 Å². The quantitative estimate of drug-likeness (QED) is 0.0228. The van der Waals surface area contributed by atoms with Gasteiger partial charge in [-0.15, -0.1) is 0 Å². The molecule has 0 aromatic heterocycles. The van der Waals surface area contributed by atoms with Gasteiger partial charge in [0.05, 0.1) is 6.61 Å². The molecule has 1 heterocycles. The average Bonchev–Trinajstić information content (AvgIpc) is 3.58. The first-order valence-electron chi connectivity index (χ1n) is 34.3. The van der Waals surface area contributed by atoms with E-state index in [4.69, 9.17) is 23.7 Å². The summed E-state index contributed by atoms with van der Waals surface area (Å²) in [5, 5.41) is 31.6. The van der Waals surface area contributed by atoms with Crippen molar-refractivity contribution >= 4 is 23.9 Å². The predicted octanol–water partition coefficient (Wildman–Crippen LogP) is 18.7. The number of carbonyl (C=O) groups is 4. The topological polar surface area (TPSA) is 175 Å². The van der Waals surface area contributed by atoms with Crippen molar-refractivity contribution in [3.8, 4) is 0 Å². The SMILES string of the molecule is CCCCC/C=C\C/C=C\C/C=C\CCCCCCCCC(=O)OCC(COC1OC(C(=O)O)C(O)C(O)C1OC(=O)CCCCCCC/C=C\C/C=C\CCCCC)OC(=O)CCCCCCCCCCCCCCCCCCCCC. The third kappa shape index (κ3) is 48.3. The minimum Gasteiger partial charge on any atom is -0.479 e. The molecule has 12 heteroatoms. The number of esters is 3. The number of hydrogen-bond donors (Lipinski definition) is 3. The Morgan fingerprint density at radius 3 is 1.12 bits per heavy atom. The maximum Gasteiger partial charge on any atom is 0.335 e. The third-order valence-corrected chi connectivity index (χ3v) is 15.6. The highest BCUT2D eigenvalue weighted by Crippen LogP contribution is 2.27. The van der Waals surface area contributed by atoms with E-state index in [2.05, 4.69) is 81.5 Å². The number of unbranched alkanes of at least 4 members (excludes halogenated alkanes) is 35. The molecule has 3 N–H and O–H groups in total. The van der Waals surface area contributed by atoms with Gasteiger partial charge in [-0.1, -0.05) is 268 Å². The molecule has 0 saturated carbocycles. The summed E-state index contributed by atoms with van der Waals surface area (Å²) < 4.78 is 28.6. The fourth-order valence-electron chi connectivity index (χ4n) is 10.3. The normalized spacial score (nSPS) is 17.9. The summed E-state index contributed by atoms with van der Waals surface area (Å²) >= 11 is 0. The summed E-state index contributed by atoms with van der Waals surface area (Å²) in [6.07, 6.45) is 61.7. The van der Waals surface area contributed by atoms with Crippen LogP contribution in [0, 0.1) is 0 Å². The Morgan fingerprint density at radius 1 is 0.398 bits per heavy atom. The molecule has 0 spiro atoms. The van der Waals surface area contributed by atoms with E-state index in [-0.39, 0.29) is 25.9 Å². The van der Waals surface area contributed by atoms with E-state index in [1.807, 2.05) is 0 Å². The molecule has 0 bridgehead atoms. The second-order valence-corrected chi connectivity index (χ2v) is 23.5. The highest BCUT2D eigenvalue weighted by Gasteiger charge is 2.50. The van der Waals surface area contributed by atoms with E-state index in [0.717, 1.165) is 116 Å². The second kappa shape index (κ2) is 58.8. The second-order valence-electron chi connectivity index (χ2n) is 23.5. The first-order valence-corrected chi connectivity index (χ1v) is 34.3. The number of ether oxygens (including phenoxy) is 5. The molecule has 0 radical (unpaired) electrons. The fourth-order valence-corrected chi connectivity index (χ4v) is 10.3. The van der Waals surface area contributed by atoms with E-state index in [9.17, 15) is 34.5 Å². The lowest BCUT2D eigenvalue weighted by molar-refractivity contribution is -0.301. The van der Waals surface area contributed by atoms with Gasteiger partial charge >= 0.3 is 23.9 Å². The van der Waals surface area contributed by atoms with Gasteiger partial charge in [-0.25, -0.2) is 4.79 Å². The first-order chi connectivity index (χ1) is 40.6. The number of carboxylic acid groups (broad SMARTS) is 1. The smallest absolute Gasteiger partial charge is 0.335 e. The maximum atomic E-state index is 13.2. The molecule has 480 valence electrons. The third-order valence-electron chi connectivity index (χ3n) is 15.6. The van der Waals surface area contributed by atoms with Crippen LogP contribution >= 0.6 is 0 Å². The van der Waals surface area contributed by atoms with Crippen LogP contribution in [-0.4, -0.2) is 89.2 Å². The van der Waals surface area contributed by atoms with Crippen LogP contribution in [0.15, 0.2) is 60.8 Å². The van der Waals surface area contributed by atoms with Gasteiger partial charge in [0, 0.05) is 19.3 Å². The lowest BCUT2D eigenvalue weighted by Gasteiger charge is -2.40. The van der Waals surface area contributed by atoms with Crippen molar-refractivity contribution in [3.05, 3.63) is 60.8 Å². The summed E-state index contributed by atoms with van der Waals surface area (Å²) in [5.41, 5.74) is 0. The molecule has 6 unspecified atom stereocenters. The van der Waals surface area contributed by atoms with Gasteiger partial charge in [-0.2, -0.15) is 0 Å². The Morgan fingerprint density at radius 2 is 0.723 bits per heavy atom. The average molecular weight is 1170 g/mol. The largest absolute Gasteiger partial charge is 0.479 e. The predicted molar refractivity (Wildman–Crippen MR) is 340 cm³/mol. The number of rotatable bonds is 59. The van der Waals surface area contributed by atoms with Gasteiger partial charge in [-0.3, -0.25) is 14.4 Å². The molecule has 1 aliphatic rings. The van der Waals surface area contributed by atoms with Crippen molar-refractivity contribution in [1.29, 1.82) is 0 Å². The fraction of sp³-hybridized carbons (Fsp3) is 0.803. The molecule has 1 fully saturated rings. The number of aliphatic hydroxyl groups excluding tert-OH is 2. The molecule has 0 aromatic rings. The Balaban J connectivity index is 2.65. The minimum atomic E-state index is -1.91. The molecule has 0 aromatic carbocycles. The molecule has 1 saturated heterocycles. The molecule has 1 rings (SSSR count).